The minimum absolute atomic E-state index is 0.178. The molecule has 0 aromatic carbocycles. The molecule has 0 radical (unpaired) electrons. The molecule has 0 bridgehead atoms. The number of ether oxygens (including phenoxy) is 1. The Morgan fingerprint density at radius 2 is 2.00 bits per heavy atom. The van der Waals surface area contributed by atoms with Crippen LogP contribution in [0.25, 0.3) is 0 Å². The Bertz CT molecular complexity index is 607. The Kier molecular flexibility index (Phi) is 5.32. The second kappa shape index (κ2) is 7.32. The molecule has 7 nitrogen and oxygen atoms in total. The lowest BCUT2D eigenvalue weighted by Crippen LogP contribution is -2.38. The van der Waals surface area contributed by atoms with Crippen molar-refractivity contribution < 1.29 is 9.53 Å². The zero-order valence-corrected chi connectivity index (χ0v) is 15.9. The molecule has 3 rings (SSSR count). The predicted octanol–water partition coefficient (Wildman–Crippen LogP) is 2.66. The van der Waals surface area contributed by atoms with Crippen molar-refractivity contribution in [3.05, 3.63) is 11.6 Å². The molecule has 1 amide bonds. The summed E-state index contributed by atoms with van der Waals surface area (Å²) in [6.45, 7) is 10.4. The SMILES string of the molecule is CC(NC1CCCN(C(=O)OC(C)(C)C)CC1)c1nnc2n1CCC2. The maximum atomic E-state index is 12.3. The van der Waals surface area contributed by atoms with Crippen LogP contribution in [0.15, 0.2) is 0 Å². The molecule has 2 atom stereocenters. The number of carbonyl (C=O) groups excluding carboxylic acids is 1. The van der Waals surface area contributed by atoms with Gasteiger partial charge in [-0.15, -0.1) is 10.2 Å². The van der Waals surface area contributed by atoms with Gasteiger partial charge in [-0.25, -0.2) is 4.79 Å². The summed E-state index contributed by atoms with van der Waals surface area (Å²) >= 11 is 0. The lowest BCUT2D eigenvalue weighted by molar-refractivity contribution is 0.0256. The molecule has 2 aliphatic rings. The summed E-state index contributed by atoms with van der Waals surface area (Å²) in [5.41, 5.74) is -0.441. The molecule has 1 fully saturated rings. The first-order valence-electron chi connectivity index (χ1n) is 9.49. The van der Waals surface area contributed by atoms with Gasteiger partial charge in [0.2, 0.25) is 0 Å². The van der Waals surface area contributed by atoms with Crippen molar-refractivity contribution in [2.45, 2.75) is 84.0 Å². The first-order chi connectivity index (χ1) is 11.8. The molecule has 0 aliphatic carbocycles. The van der Waals surface area contributed by atoms with Crippen LogP contribution in [0.1, 0.15) is 71.1 Å². The van der Waals surface area contributed by atoms with E-state index >= 15 is 0 Å². The highest BCUT2D eigenvalue weighted by atomic mass is 16.6. The summed E-state index contributed by atoms with van der Waals surface area (Å²) in [4.78, 5) is 14.1. The molecule has 7 heteroatoms. The molecule has 1 aromatic heterocycles. The van der Waals surface area contributed by atoms with Gasteiger partial charge >= 0.3 is 6.09 Å². The second-order valence-corrected chi connectivity index (χ2v) is 8.21. The Morgan fingerprint density at radius 1 is 1.20 bits per heavy atom. The Morgan fingerprint density at radius 3 is 2.76 bits per heavy atom. The Hall–Kier alpha value is -1.63. The minimum atomic E-state index is -0.441. The average molecular weight is 349 g/mol. The predicted molar refractivity (Wildman–Crippen MR) is 95.3 cm³/mol. The van der Waals surface area contributed by atoms with Gasteiger partial charge in [0.15, 0.2) is 0 Å². The molecule has 0 saturated carbocycles. The van der Waals surface area contributed by atoms with Crippen LogP contribution in [-0.4, -0.2) is 50.5 Å². The van der Waals surface area contributed by atoms with E-state index < -0.39 is 5.60 Å². The molecular formula is C18H31N5O2. The number of hydrogen-bond donors (Lipinski definition) is 1. The van der Waals surface area contributed by atoms with Crippen LogP contribution in [0.2, 0.25) is 0 Å². The normalized spacial score (nSPS) is 22.4. The highest BCUT2D eigenvalue weighted by Gasteiger charge is 2.27. The summed E-state index contributed by atoms with van der Waals surface area (Å²) in [7, 11) is 0. The molecule has 3 heterocycles. The fourth-order valence-electron chi connectivity index (χ4n) is 3.69. The van der Waals surface area contributed by atoms with E-state index in [1.54, 1.807) is 0 Å². The van der Waals surface area contributed by atoms with Crippen molar-refractivity contribution in [1.29, 1.82) is 0 Å². The number of hydrogen-bond acceptors (Lipinski definition) is 5. The lowest BCUT2D eigenvalue weighted by atomic mass is 10.1. The summed E-state index contributed by atoms with van der Waals surface area (Å²) in [6.07, 6.45) is 4.99. The van der Waals surface area contributed by atoms with Crippen molar-refractivity contribution >= 4 is 6.09 Å². The van der Waals surface area contributed by atoms with E-state index in [1.807, 2.05) is 25.7 Å². The van der Waals surface area contributed by atoms with Gasteiger partial charge in [-0.05, 0) is 53.4 Å². The standard InChI is InChI=1S/C18H31N5O2/c1-13(16-21-20-15-8-6-11-23(15)16)19-14-7-5-10-22(12-9-14)17(24)25-18(2,3)4/h13-14,19H,5-12H2,1-4H3. The highest BCUT2D eigenvalue weighted by molar-refractivity contribution is 5.68. The summed E-state index contributed by atoms with van der Waals surface area (Å²) in [5, 5.41) is 12.4. The molecule has 25 heavy (non-hydrogen) atoms. The Labute approximate surface area is 150 Å². The van der Waals surface area contributed by atoms with Gasteiger partial charge in [-0.1, -0.05) is 0 Å². The number of nitrogens with zero attached hydrogens (tertiary/aromatic N) is 4. The van der Waals surface area contributed by atoms with Crippen LogP contribution < -0.4 is 5.32 Å². The third-order valence-electron chi connectivity index (χ3n) is 4.89. The van der Waals surface area contributed by atoms with Crippen molar-refractivity contribution in [2.24, 2.45) is 0 Å². The number of aromatic nitrogens is 3. The quantitative estimate of drug-likeness (QED) is 0.908. The Balaban J connectivity index is 1.53. The smallest absolute Gasteiger partial charge is 0.410 e. The fraction of sp³-hybridized carbons (Fsp3) is 0.833. The molecular weight excluding hydrogens is 318 g/mol. The monoisotopic (exact) mass is 349 g/mol. The van der Waals surface area contributed by atoms with Gasteiger partial charge in [0, 0.05) is 32.1 Å². The number of nitrogens with one attached hydrogen (secondary N) is 1. The third kappa shape index (κ3) is 4.51. The molecule has 1 saturated heterocycles. The van der Waals surface area contributed by atoms with E-state index in [0.29, 0.717) is 6.04 Å². The zero-order valence-electron chi connectivity index (χ0n) is 15.9. The molecule has 140 valence electrons. The second-order valence-electron chi connectivity index (χ2n) is 8.21. The van der Waals surface area contributed by atoms with Gasteiger partial charge in [0.25, 0.3) is 0 Å². The van der Waals surface area contributed by atoms with Gasteiger partial charge in [0.1, 0.15) is 17.2 Å². The average Bonchev–Trinajstić information content (AvgIpc) is 3.04. The largest absolute Gasteiger partial charge is 0.444 e. The molecule has 2 aliphatic heterocycles. The first kappa shape index (κ1) is 18.2. The number of amides is 1. The maximum absolute atomic E-state index is 12.3. The van der Waals surface area contributed by atoms with Gasteiger partial charge in [-0.3, -0.25) is 0 Å². The van der Waals surface area contributed by atoms with Gasteiger partial charge in [-0.2, -0.15) is 0 Å². The number of aryl methyl sites for hydroxylation is 1. The number of carbonyl (C=O) groups is 1. The lowest BCUT2D eigenvalue weighted by Gasteiger charge is -2.26. The van der Waals surface area contributed by atoms with E-state index in [4.69, 9.17) is 4.74 Å². The molecule has 2 unspecified atom stereocenters. The summed E-state index contributed by atoms with van der Waals surface area (Å²) in [6, 6.07) is 0.564. The van der Waals surface area contributed by atoms with Crippen LogP contribution in [0, 0.1) is 0 Å². The summed E-state index contributed by atoms with van der Waals surface area (Å²) in [5.74, 6) is 2.15. The molecule has 1 aromatic rings. The van der Waals surface area contributed by atoms with E-state index in [-0.39, 0.29) is 12.1 Å². The minimum Gasteiger partial charge on any atom is -0.444 e. The van der Waals surface area contributed by atoms with Crippen LogP contribution >= 0.6 is 0 Å². The van der Waals surface area contributed by atoms with Crippen LogP contribution in [0.5, 0.6) is 0 Å². The van der Waals surface area contributed by atoms with Crippen molar-refractivity contribution in [2.75, 3.05) is 13.1 Å². The first-order valence-corrected chi connectivity index (χ1v) is 9.49. The van der Waals surface area contributed by atoms with Crippen molar-refractivity contribution in [1.82, 2.24) is 25.0 Å². The molecule has 0 spiro atoms. The van der Waals surface area contributed by atoms with E-state index in [0.717, 1.165) is 57.0 Å². The van der Waals surface area contributed by atoms with Crippen LogP contribution in [0.4, 0.5) is 4.79 Å². The third-order valence-corrected chi connectivity index (χ3v) is 4.89. The van der Waals surface area contributed by atoms with Crippen LogP contribution in [0.3, 0.4) is 0 Å². The highest BCUT2D eigenvalue weighted by Crippen LogP contribution is 2.21. The van der Waals surface area contributed by atoms with E-state index in [2.05, 4.69) is 27.0 Å². The number of fused-ring (bicyclic) bond motifs is 1. The zero-order chi connectivity index (χ0) is 18.0. The number of rotatable bonds is 3. The maximum Gasteiger partial charge on any atom is 0.410 e. The van der Waals surface area contributed by atoms with Crippen LogP contribution in [-0.2, 0) is 17.7 Å². The number of likely N-dealkylation sites (tertiary alicyclic amines) is 1. The van der Waals surface area contributed by atoms with Crippen molar-refractivity contribution in [3.8, 4) is 0 Å². The fourth-order valence-corrected chi connectivity index (χ4v) is 3.69. The molecule has 1 N–H and O–H groups in total. The van der Waals surface area contributed by atoms with E-state index in [1.165, 1.54) is 6.42 Å². The van der Waals surface area contributed by atoms with Gasteiger partial charge < -0.3 is 19.5 Å². The van der Waals surface area contributed by atoms with E-state index in [9.17, 15) is 4.79 Å². The topological polar surface area (TPSA) is 72.3 Å². The van der Waals surface area contributed by atoms with Gasteiger partial charge in [0.05, 0.1) is 6.04 Å². The van der Waals surface area contributed by atoms with Crippen molar-refractivity contribution in [3.63, 3.8) is 0 Å². The summed E-state index contributed by atoms with van der Waals surface area (Å²) < 4.78 is 7.75.